The van der Waals surface area contributed by atoms with Crippen molar-refractivity contribution in [3.8, 4) is 0 Å². The summed E-state index contributed by atoms with van der Waals surface area (Å²) in [6.45, 7) is 4.44. The fourth-order valence-electron chi connectivity index (χ4n) is 1.28. The lowest BCUT2D eigenvalue weighted by atomic mass is 10.2. The van der Waals surface area contributed by atoms with Crippen LogP contribution < -0.4 is 0 Å². The monoisotopic (exact) mass is 124 g/mol. The van der Waals surface area contributed by atoms with Gasteiger partial charge in [0.05, 0.1) is 0 Å². The first-order valence-corrected chi connectivity index (χ1v) is 3.95. The summed E-state index contributed by atoms with van der Waals surface area (Å²) in [4.78, 5) is 0. The van der Waals surface area contributed by atoms with Gasteiger partial charge in [-0.3, -0.25) is 0 Å². The first-order chi connectivity index (χ1) is 4.34. The molecule has 0 radical (unpaired) electrons. The number of allylic oxidation sites excluding steroid dienone is 2. The molecule has 1 fully saturated rings. The third kappa shape index (κ3) is 2.21. The fourth-order valence-corrected chi connectivity index (χ4v) is 1.28. The van der Waals surface area contributed by atoms with Gasteiger partial charge in [0, 0.05) is 0 Å². The summed E-state index contributed by atoms with van der Waals surface area (Å²) in [6.07, 6.45) is 8.62. The molecule has 1 aliphatic carbocycles. The standard InChI is InChI=1S/C9H16/c1-3-4-5-6-9-7-8(9)2/h3-4,8-9H,5-7H2,1-2H3/b4-3+/t8-,9-/m0/s1. The van der Waals surface area contributed by atoms with Crippen molar-refractivity contribution in [3.63, 3.8) is 0 Å². The van der Waals surface area contributed by atoms with Gasteiger partial charge in [0.1, 0.15) is 0 Å². The average molecular weight is 124 g/mol. The van der Waals surface area contributed by atoms with Crippen molar-refractivity contribution in [2.45, 2.75) is 33.1 Å². The Hall–Kier alpha value is -0.260. The first-order valence-electron chi connectivity index (χ1n) is 3.95. The highest BCUT2D eigenvalue weighted by Gasteiger charge is 2.30. The van der Waals surface area contributed by atoms with Gasteiger partial charge in [0.2, 0.25) is 0 Å². The van der Waals surface area contributed by atoms with E-state index in [4.69, 9.17) is 0 Å². The molecular weight excluding hydrogens is 108 g/mol. The second-order valence-electron chi connectivity index (χ2n) is 3.12. The normalized spacial score (nSPS) is 33.6. The molecule has 0 saturated heterocycles. The lowest BCUT2D eigenvalue weighted by molar-refractivity contribution is 0.684. The van der Waals surface area contributed by atoms with E-state index in [-0.39, 0.29) is 0 Å². The first kappa shape index (κ1) is 6.85. The molecule has 1 rings (SSSR count). The molecule has 0 heteroatoms. The van der Waals surface area contributed by atoms with Gasteiger partial charge >= 0.3 is 0 Å². The Kier molecular flexibility index (Phi) is 2.32. The van der Waals surface area contributed by atoms with Crippen molar-refractivity contribution in [3.05, 3.63) is 12.2 Å². The Bertz CT molecular complexity index is 103. The molecule has 0 aromatic rings. The Morgan fingerprint density at radius 1 is 1.56 bits per heavy atom. The Morgan fingerprint density at radius 3 is 2.67 bits per heavy atom. The molecule has 0 aliphatic heterocycles. The van der Waals surface area contributed by atoms with E-state index in [0.717, 1.165) is 11.8 Å². The summed E-state index contributed by atoms with van der Waals surface area (Å²) in [5.74, 6) is 2.11. The van der Waals surface area contributed by atoms with Crippen LogP contribution in [0.4, 0.5) is 0 Å². The highest BCUT2D eigenvalue weighted by atomic mass is 14.4. The molecule has 0 N–H and O–H groups in total. The van der Waals surface area contributed by atoms with Gasteiger partial charge in [-0.05, 0) is 38.0 Å². The highest BCUT2D eigenvalue weighted by molar-refractivity contribution is 4.86. The van der Waals surface area contributed by atoms with Crippen LogP contribution >= 0.6 is 0 Å². The van der Waals surface area contributed by atoms with E-state index in [2.05, 4.69) is 26.0 Å². The van der Waals surface area contributed by atoms with Crippen molar-refractivity contribution < 1.29 is 0 Å². The topological polar surface area (TPSA) is 0 Å². The summed E-state index contributed by atoms with van der Waals surface area (Å²) < 4.78 is 0. The zero-order valence-corrected chi connectivity index (χ0v) is 6.43. The predicted molar refractivity (Wildman–Crippen MR) is 41.3 cm³/mol. The van der Waals surface area contributed by atoms with Gasteiger partial charge in [-0.25, -0.2) is 0 Å². The molecule has 0 bridgehead atoms. The minimum absolute atomic E-state index is 1.04. The van der Waals surface area contributed by atoms with E-state index in [9.17, 15) is 0 Å². The van der Waals surface area contributed by atoms with Crippen LogP contribution in [0.2, 0.25) is 0 Å². The summed E-state index contributed by atoms with van der Waals surface area (Å²) >= 11 is 0. The molecule has 52 valence electrons. The van der Waals surface area contributed by atoms with Gasteiger partial charge in [0.25, 0.3) is 0 Å². The smallest absolute Gasteiger partial charge is 0.0348 e. The Labute approximate surface area is 58.0 Å². The molecule has 1 saturated carbocycles. The van der Waals surface area contributed by atoms with Crippen LogP contribution in [0.5, 0.6) is 0 Å². The van der Waals surface area contributed by atoms with Gasteiger partial charge in [-0.15, -0.1) is 0 Å². The molecule has 1 aliphatic rings. The number of hydrogen-bond acceptors (Lipinski definition) is 0. The van der Waals surface area contributed by atoms with Crippen LogP contribution in [0.1, 0.15) is 33.1 Å². The van der Waals surface area contributed by atoms with Gasteiger partial charge in [-0.2, -0.15) is 0 Å². The number of hydrogen-bond donors (Lipinski definition) is 0. The molecule has 0 unspecified atom stereocenters. The molecule has 0 amide bonds. The number of rotatable bonds is 3. The van der Waals surface area contributed by atoms with Crippen molar-refractivity contribution in [1.82, 2.24) is 0 Å². The summed E-state index contributed by atoms with van der Waals surface area (Å²) in [7, 11) is 0. The fraction of sp³-hybridized carbons (Fsp3) is 0.778. The van der Waals surface area contributed by atoms with Crippen molar-refractivity contribution in [2.24, 2.45) is 11.8 Å². The SMILES string of the molecule is C/C=C/CC[C@H]1C[C@@H]1C. The van der Waals surface area contributed by atoms with Crippen LogP contribution in [-0.4, -0.2) is 0 Å². The maximum Gasteiger partial charge on any atom is -0.0348 e. The van der Waals surface area contributed by atoms with Crippen LogP contribution in [0.15, 0.2) is 12.2 Å². The van der Waals surface area contributed by atoms with E-state index in [1.54, 1.807) is 0 Å². The average Bonchev–Trinajstić information content (AvgIpc) is 2.48. The van der Waals surface area contributed by atoms with E-state index >= 15 is 0 Å². The third-order valence-corrected chi connectivity index (χ3v) is 2.22. The summed E-state index contributed by atoms with van der Waals surface area (Å²) in [5, 5.41) is 0. The third-order valence-electron chi connectivity index (χ3n) is 2.22. The molecule has 0 nitrogen and oxygen atoms in total. The zero-order chi connectivity index (χ0) is 6.69. The van der Waals surface area contributed by atoms with E-state index in [0.29, 0.717) is 0 Å². The molecule has 0 spiro atoms. The highest BCUT2D eigenvalue weighted by Crippen LogP contribution is 2.41. The summed E-state index contributed by atoms with van der Waals surface area (Å²) in [6, 6.07) is 0. The minimum atomic E-state index is 1.04. The van der Waals surface area contributed by atoms with Crippen molar-refractivity contribution in [1.29, 1.82) is 0 Å². The Morgan fingerprint density at radius 2 is 2.22 bits per heavy atom. The largest absolute Gasteiger partial charge is 0.0917 e. The second kappa shape index (κ2) is 3.05. The molecule has 0 aromatic carbocycles. The van der Waals surface area contributed by atoms with Gasteiger partial charge < -0.3 is 0 Å². The lowest BCUT2D eigenvalue weighted by Crippen LogP contribution is -1.75. The molecule has 0 aromatic heterocycles. The van der Waals surface area contributed by atoms with Crippen molar-refractivity contribution in [2.75, 3.05) is 0 Å². The van der Waals surface area contributed by atoms with Crippen LogP contribution in [-0.2, 0) is 0 Å². The summed E-state index contributed by atoms with van der Waals surface area (Å²) in [5.41, 5.74) is 0. The van der Waals surface area contributed by atoms with Crippen LogP contribution in [0.25, 0.3) is 0 Å². The molecule has 9 heavy (non-hydrogen) atoms. The maximum atomic E-state index is 2.35. The lowest BCUT2D eigenvalue weighted by Gasteiger charge is -1.89. The zero-order valence-electron chi connectivity index (χ0n) is 6.43. The molecule has 2 atom stereocenters. The maximum absolute atomic E-state index is 2.35. The van der Waals surface area contributed by atoms with Crippen LogP contribution in [0, 0.1) is 11.8 Å². The van der Waals surface area contributed by atoms with E-state index in [1.165, 1.54) is 19.3 Å². The van der Waals surface area contributed by atoms with Crippen molar-refractivity contribution >= 4 is 0 Å². The molecule has 0 heterocycles. The molecular formula is C9H16. The second-order valence-corrected chi connectivity index (χ2v) is 3.12. The van der Waals surface area contributed by atoms with E-state index < -0.39 is 0 Å². The quantitative estimate of drug-likeness (QED) is 0.507. The predicted octanol–water partition coefficient (Wildman–Crippen LogP) is 3.00. The minimum Gasteiger partial charge on any atom is -0.0917 e. The van der Waals surface area contributed by atoms with E-state index in [1.807, 2.05) is 0 Å². The van der Waals surface area contributed by atoms with Gasteiger partial charge in [0.15, 0.2) is 0 Å². The van der Waals surface area contributed by atoms with Gasteiger partial charge in [-0.1, -0.05) is 19.1 Å². The Balaban J connectivity index is 1.94. The van der Waals surface area contributed by atoms with Crippen LogP contribution in [0.3, 0.4) is 0 Å².